The lowest BCUT2D eigenvalue weighted by Crippen LogP contribution is -2.59. The molecule has 22 heavy (non-hydrogen) atoms. The molecule has 1 saturated heterocycles. The zero-order chi connectivity index (χ0) is 16.1. The van der Waals surface area contributed by atoms with Crippen LogP contribution < -0.4 is 5.32 Å². The molecule has 1 amide bonds. The lowest BCUT2D eigenvalue weighted by molar-refractivity contribution is -0.215. The molecule has 1 aromatic rings. The summed E-state index contributed by atoms with van der Waals surface area (Å²) >= 11 is 0. The van der Waals surface area contributed by atoms with Crippen molar-refractivity contribution in [3.63, 3.8) is 0 Å². The number of ether oxygens (including phenoxy) is 1. The second kappa shape index (κ2) is 7.51. The summed E-state index contributed by atoms with van der Waals surface area (Å²) in [5, 5.41) is 31.7. The summed E-state index contributed by atoms with van der Waals surface area (Å²) in [4.78, 5) is 11.7. The van der Waals surface area contributed by atoms with E-state index in [1.165, 1.54) is 6.08 Å². The van der Waals surface area contributed by atoms with Gasteiger partial charge in [0, 0.05) is 12.6 Å². The monoisotopic (exact) mass is 307 g/mol. The van der Waals surface area contributed by atoms with Gasteiger partial charge in [0.05, 0.1) is 6.10 Å². The Hall–Kier alpha value is -1.73. The first-order chi connectivity index (χ1) is 10.5. The van der Waals surface area contributed by atoms with Gasteiger partial charge in [0.2, 0.25) is 5.91 Å². The summed E-state index contributed by atoms with van der Waals surface area (Å²) in [6.07, 6.45) is -1.98. The van der Waals surface area contributed by atoms with Gasteiger partial charge in [0.25, 0.3) is 0 Å². The Morgan fingerprint density at radius 1 is 1.18 bits per heavy atom. The topological polar surface area (TPSA) is 99.0 Å². The average molecular weight is 307 g/mol. The number of carbonyl (C=O) groups is 1. The molecule has 1 aromatic carbocycles. The van der Waals surface area contributed by atoms with Crippen LogP contribution in [0.3, 0.4) is 0 Å². The van der Waals surface area contributed by atoms with Crippen molar-refractivity contribution in [2.45, 2.75) is 37.4 Å². The molecule has 5 atom stereocenters. The predicted molar refractivity (Wildman–Crippen MR) is 80.8 cm³/mol. The van der Waals surface area contributed by atoms with Gasteiger partial charge in [-0.25, -0.2) is 0 Å². The second-order valence-corrected chi connectivity index (χ2v) is 5.34. The van der Waals surface area contributed by atoms with E-state index < -0.39 is 30.5 Å². The van der Waals surface area contributed by atoms with Crippen molar-refractivity contribution in [3.05, 3.63) is 42.0 Å². The quantitative estimate of drug-likeness (QED) is 0.572. The summed E-state index contributed by atoms with van der Waals surface area (Å²) in [5.74, 6) is -0.326. The van der Waals surface area contributed by atoms with E-state index in [0.29, 0.717) is 0 Å². The van der Waals surface area contributed by atoms with E-state index >= 15 is 0 Å². The summed E-state index contributed by atoms with van der Waals surface area (Å²) in [6, 6.07) is 9.38. The number of amides is 1. The van der Waals surface area contributed by atoms with Crippen molar-refractivity contribution in [1.82, 2.24) is 5.32 Å². The summed E-state index contributed by atoms with van der Waals surface area (Å²) in [5.41, 5.74) is 0.902. The largest absolute Gasteiger partial charge is 0.388 e. The third-order valence-electron chi connectivity index (χ3n) is 3.66. The number of nitrogens with one attached hydrogen (secondary N) is 1. The minimum Gasteiger partial charge on any atom is -0.388 e. The maximum Gasteiger partial charge on any atom is 0.244 e. The molecule has 4 N–H and O–H groups in total. The molecule has 0 bridgehead atoms. The van der Waals surface area contributed by atoms with Gasteiger partial charge >= 0.3 is 0 Å². The third kappa shape index (κ3) is 4.14. The van der Waals surface area contributed by atoms with E-state index in [0.717, 1.165) is 5.56 Å². The zero-order valence-corrected chi connectivity index (χ0v) is 12.3. The third-order valence-corrected chi connectivity index (χ3v) is 3.66. The molecule has 2 unspecified atom stereocenters. The first-order valence-electron chi connectivity index (χ1n) is 7.19. The zero-order valence-electron chi connectivity index (χ0n) is 12.3. The van der Waals surface area contributed by atoms with Crippen LogP contribution in [0.4, 0.5) is 0 Å². The number of aliphatic hydroxyl groups is 3. The number of hydrogen-bond acceptors (Lipinski definition) is 5. The minimum absolute atomic E-state index is 0.0489. The highest BCUT2D eigenvalue weighted by molar-refractivity contribution is 5.91. The number of carbonyl (C=O) groups excluding carboxylic acids is 1. The van der Waals surface area contributed by atoms with E-state index in [2.05, 4.69) is 5.32 Å². The minimum atomic E-state index is -1.29. The van der Waals surface area contributed by atoms with E-state index in [4.69, 9.17) is 4.74 Å². The summed E-state index contributed by atoms with van der Waals surface area (Å²) < 4.78 is 5.40. The van der Waals surface area contributed by atoms with E-state index in [1.54, 1.807) is 13.0 Å². The maximum absolute atomic E-state index is 11.7. The maximum atomic E-state index is 11.7. The SMILES string of the molecule is CC1OC(CNC(=O)/C=C/c2ccccc2)[C@H](O)[C@@H](O)[C@@H]1O. The molecule has 0 spiro atoms. The first kappa shape index (κ1) is 16.6. The van der Waals surface area contributed by atoms with Crippen LogP contribution in [0.5, 0.6) is 0 Å². The smallest absolute Gasteiger partial charge is 0.244 e. The van der Waals surface area contributed by atoms with Crippen LogP contribution in [0.2, 0.25) is 0 Å². The van der Waals surface area contributed by atoms with Crippen LogP contribution in [0.1, 0.15) is 12.5 Å². The fourth-order valence-corrected chi connectivity index (χ4v) is 2.30. The van der Waals surface area contributed by atoms with E-state index in [9.17, 15) is 20.1 Å². The Morgan fingerprint density at radius 3 is 2.55 bits per heavy atom. The molecule has 0 aliphatic carbocycles. The Kier molecular flexibility index (Phi) is 5.68. The lowest BCUT2D eigenvalue weighted by Gasteiger charge is -2.39. The number of rotatable bonds is 4. The number of benzene rings is 1. The van der Waals surface area contributed by atoms with Gasteiger partial charge in [-0.1, -0.05) is 30.3 Å². The molecular formula is C16H21NO5. The van der Waals surface area contributed by atoms with Crippen molar-refractivity contribution >= 4 is 12.0 Å². The molecule has 0 aromatic heterocycles. The van der Waals surface area contributed by atoms with Gasteiger partial charge in [-0.3, -0.25) is 4.79 Å². The molecule has 0 saturated carbocycles. The van der Waals surface area contributed by atoms with Gasteiger partial charge in [0.15, 0.2) is 0 Å². The molecule has 1 aliphatic heterocycles. The van der Waals surface area contributed by atoms with Gasteiger partial charge in [-0.2, -0.15) is 0 Å². The van der Waals surface area contributed by atoms with Gasteiger partial charge < -0.3 is 25.4 Å². The average Bonchev–Trinajstić information content (AvgIpc) is 2.54. The highest BCUT2D eigenvalue weighted by Crippen LogP contribution is 2.20. The molecule has 6 nitrogen and oxygen atoms in total. The molecule has 2 rings (SSSR count). The van der Waals surface area contributed by atoms with Crippen molar-refractivity contribution in [3.8, 4) is 0 Å². The molecule has 0 radical (unpaired) electrons. The highest BCUT2D eigenvalue weighted by Gasteiger charge is 2.41. The fraction of sp³-hybridized carbons (Fsp3) is 0.438. The molecule has 1 aliphatic rings. The van der Waals surface area contributed by atoms with Crippen LogP contribution in [0.15, 0.2) is 36.4 Å². The van der Waals surface area contributed by atoms with Crippen LogP contribution in [-0.4, -0.2) is 58.3 Å². The van der Waals surface area contributed by atoms with Crippen molar-refractivity contribution in [1.29, 1.82) is 0 Å². The Bertz CT molecular complexity index is 519. The van der Waals surface area contributed by atoms with Crippen LogP contribution in [0, 0.1) is 0 Å². The van der Waals surface area contributed by atoms with Crippen molar-refractivity contribution < 1.29 is 24.9 Å². The van der Waals surface area contributed by atoms with Crippen LogP contribution >= 0.6 is 0 Å². The standard InChI is InChI=1S/C16H21NO5/c1-10-14(19)16(21)15(20)12(22-10)9-17-13(18)8-7-11-5-3-2-4-6-11/h2-8,10,12,14-16,19-21H,9H2,1H3,(H,17,18)/b8-7+/t10?,12?,14-,15+,16+/m1/s1. The Labute approximate surface area is 129 Å². The lowest BCUT2D eigenvalue weighted by atomic mass is 9.95. The van der Waals surface area contributed by atoms with Crippen LogP contribution in [0.25, 0.3) is 6.08 Å². The Balaban J connectivity index is 1.84. The fourth-order valence-electron chi connectivity index (χ4n) is 2.30. The Morgan fingerprint density at radius 2 is 1.86 bits per heavy atom. The van der Waals surface area contributed by atoms with Crippen LogP contribution in [-0.2, 0) is 9.53 Å². The van der Waals surface area contributed by atoms with Crippen molar-refractivity contribution in [2.24, 2.45) is 0 Å². The molecular weight excluding hydrogens is 286 g/mol. The molecule has 1 heterocycles. The molecule has 1 fully saturated rings. The second-order valence-electron chi connectivity index (χ2n) is 5.34. The summed E-state index contributed by atoms with van der Waals surface area (Å²) in [6.45, 7) is 1.65. The molecule has 6 heteroatoms. The normalized spacial score (nSPS) is 32.1. The summed E-state index contributed by atoms with van der Waals surface area (Å²) in [7, 11) is 0. The predicted octanol–water partition coefficient (Wildman–Crippen LogP) is -0.314. The van der Waals surface area contributed by atoms with Gasteiger partial charge in [-0.05, 0) is 18.6 Å². The molecule has 120 valence electrons. The van der Waals surface area contributed by atoms with Gasteiger partial charge in [-0.15, -0.1) is 0 Å². The van der Waals surface area contributed by atoms with Gasteiger partial charge in [0.1, 0.15) is 24.4 Å². The van der Waals surface area contributed by atoms with E-state index in [1.807, 2.05) is 30.3 Å². The first-order valence-corrected chi connectivity index (χ1v) is 7.19. The van der Waals surface area contributed by atoms with Crippen molar-refractivity contribution in [2.75, 3.05) is 6.54 Å². The van der Waals surface area contributed by atoms with E-state index in [-0.39, 0.29) is 12.5 Å². The number of hydrogen-bond donors (Lipinski definition) is 4. The number of aliphatic hydroxyl groups excluding tert-OH is 3. The highest BCUT2D eigenvalue weighted by atomic mass is 16.5.